The van der Waals surface area contributed by atoms with E-state index in [4.69, 9.17) is 17.2 Å². The van der Waals surface area contributed by atoms with E-state index in [1.165, 1.54) is 17.0 Å². The fourth-order valence-electron chi connectivity index (χ4n) is 4.39. The van der Waals surface area contributed by atoms with Crippen molar-refractivity contribution in [1.82, 2.24) is 14.9 Å². The third kappa shape index (κ3) is 7.89. The molecule has 13 heteroatoms. The Kier molecular flexibility index (Phi) is 10.0. The topological polar surface area (TPSA) is 203 Å². The summed E-state index contributed by atoms with van der Waals surface area (Å²) in [5, 5.41) is 4.42. The van der Waals surface area contributed by atoms with Gasteiger partial charge in [-0.15, -0.1) is 0 Å². The molecule has 0 unspecified atom stereocenters. The first-order valence-corrected chi connectivity index (χ1v) is 14.0. The maximum absolute atomic E-state index is 13.5. The normalized spacial score (nSPS) is 16.2. The van der Waals surface area contributed by atoms with Crippen molar-refractivity contribution in [2.45, 2.75) is 55.5 Å². The molecule has 3 amide bonds. The van der Waals surface area contributed by atoms with Crippen LogP contribution < -0.4 is 27.2 Å². The average molecular weight is 546 g/mol. The Bertz CT molecular complexity index is 1290. The van der Waals surface area contributed by atoms with Crippen molar-refractivity contribution in [1.29, 1.82) is 0 Å². The summed E-state index contributed by atoms with van der Waals surface area (Å²) in [4.78, 5) is 43.1. The van der Waals surface area contributed by atoms with Gasteiger partial charge in [0.2, 0.25) is 27.7 Å². The second kappa shape index (κ2) is 13.2. The smallest absolute Gasteiger partial charge is 0.242 e. The summed E-state index contributed by atoms with van der Waals surface area (Å²) < 4.78 is 28.9. The van der Waals surface area contributed by atoms with Crippen LogP contribution in [0.4, 0.5) is 0 Å². The lowest BCUT2D eigenvalue weighted by Gasteiger charge is -2.28. The van der Waals surface area contributed by atoms with E-state index in [2.05, 4.69) is 15.0 Å². The van der Waals surface area contributed by atoms with Gasteiger partial charge >= 0.3 is 0 Å². The number of primary amides is 1. The summed E-state index contributed by atoms with van der Waals surface area (Å²) >= 11 is 0. The first kappa shape index (κ1) is 28.9. The van der Waals surface area contributed by atoms with E-state index in [0.29, 0.717) is 45.3 Å². The van der Waals surface area contributed by atoms with Gasteiger partial charge in [0, 0.05) is 26.1 Å². The van der Waals surface area contributed by atoms with Crippen LogP contribution in [0.25, 0.3) is 10.8 Å². The van der Waals surface area contributed by atoms with E-state index >= 15 is 0 Å². The number of aliphatic imine (C=N–C) groups is 1. The fraction of sp³-hybridized carbons (Fsp3) is 0.440. The number of guanidine groups is 1. The van der Waals surface area contributed by atoms with E-state index in [9.17, 15) is 22.8 Å². The average Bonchev–Trinajstić information content (AvgIpc) is 3.37. The Morgan fingerprint density at radius 3 is 2.50 bits per heavy atom. The number of nitrogens with two attached hydrogens (primary N) is 3. The minimum absolute atomic E-state index is 0.00971. The van der Waals surface area contributed by atoms with Crippen LogP contribution in [0.5, 0.6) is 0 Å². The number of likely N-dealkylation sites (tertiary alicyclic amines) is 1. The Labute approximate surface area is 222 Å². The molecule has 206 valence electrons. The number of hydrogen-bond donors (Lipinski definition) is 5. The molecule has 0 aliphatic carbocycles. The zero-order valence-corrected chi connectivity index (χ0v) is 22.0. The Morgan fingerprint density at radius 1 is 1.05 bits per heavy atom. The molecular formula is C25H35N7O5S. The third-order valence-electron chi connectivity index (χ3n) is 6.32. The SMILES string of the molecule is NC(=O)CC[C@@H](NS(=O)(=O)c1ccc2ccccc2c1)C(=O)N1CCC[C@H]1C(=O)NCCCCN=C(N)N. The maximum atomic E-state index is 13.5. The van der Waals surface area contributed by atoms with Crippen LogP contribution in [0, 0.1) is 0 Å². The number of fused-ring (bicyclic) bond motifs is 1. The first-order valence-electron chi connectivity index (χ1n) is 12.5. The number of unbranched alkanes of at least 4 members (excludes halogenated alkanes) is 1. The first-order chi connectivity index (χ1) is 18.1. The molecule has 0 radical (unpaired) electrons. The minimum Gasteiger partial charge on any atom is -0.370 e. The lowest BCUT2D eigenvalue weighted by atomic mass is 10.1. The van der Waals surface area contributed by atoms with Crippen molar-refractivity contribution in [3.8, 4) is 0 Å². The van der Waals surface area contributed by atoms with Gasteiger partial charge in [0.05, 0.1) is 4.90 Å². The molecule has 12 nitrogen and oxygen atoms in total. The van der Waals surface area contributed by atoms with Crippen LogP contribution in [0.15, 0.2) is 52.4 Å². The van der Waals surface area contributed by atoms with Crippen LogP contribution in [-0.2, 0) is 24.4 Å². The van der Waals surface area contributed by atoms with E-state index in [1.807, 2.05) is 12.1 Å². The van der Waals surface area contributed by atoms with E-state index in [-0.39, 0.29) is 29.6 Å². The zero-order valence-electron chi connectivity index (χ0n) is 21.1. The van der Waals surface area contributed by atoms with Crippen LogP contribution >= 0.6 is 0 Å². The molecule has 1 aliphatic heterocycles. The van der Waals surface area contributed by atoms with E-state index in [1.54, 1.807) is 18.2 Å². The maximum Gasteiger partial charge on any atom is 0.242 e. The second-order valence-electron chi connectivity index (χ2n) is 9.18. The van der Waals surface area contributed by atoms with E-state index in [0.717, 1.165) is 10.8 Å². The highest BCUT2D eigenvalue weighted by molar-refractivity contribution is 7.89. The highest BCUT2D eigenvalue weighted by Crippen LogP contribution is 2.22. The fourth-order valence-corrected chi connectivity index (χ4v) is 5.65. The molecule has 0 aromatic heterocycles. The van der Waals surface area contributed by atoms with Crippen LogP contribution in [-0.4, -0.2) is 68.7 Å². The number of hydrogen-bond acceptors (Lipinski definition) is 6. The highest BCUT2D eigenvalue weighted by atomic mass is 32.2. The molecule has 1 saturated heterocycles. The van der Waals surface area contributed by atoms with E-state index < -0.39 is 33.9 Å². The third-order valence-corrected chi connectivity index (χ3v) is 7.79. The van der Waals surface area contributed by atoms with Crippen molar-refractivity contribution in [3.63, 3.8) is 0 Å². The van der Waals surface area contributed by atoms with Crippen molar-refractivity contribution in [3.05, 3.63) is 42.5 Å². The molecule has 0 bridgehead atoms. The molecular weight excluding hydrogens is 510 g/mol. The number of benzene rings is 2. The molecule has 2 atom stereocenters. The molecule has 8 N–H and O–H groups in total. The summed E-state index contributed by atoms with van der Waals surface area (Å²) in [5.74, 6) is -1.54. The number of carbonyl (C=O) groups excluding carboxylic acids is 3. The minimum atomic E-state index is -4.12. The van der Waals surface area contributed by atoms with Gasteiger partial charge in [0.1, 0.15) is 12.1 Å². The number of amides is 3. The van der Waals surface area contributed by atoms with Crippen molar-refractivity contribution in [2.75, 3.05) is 19.6 Å². The van der Waals surface area contributed by atoms with Gasteiger partial charge in [-0.25, -0.2) is 8.42 Å². The standard InChI is InChI=1S/C25H35N7O5S/c26-22(33)12-11-20(31-38(36,37)19-10-9-17-6-1-2-7-18(17)16-19)24(35)32-15-5-8-21(32)23(34)29-13-3-4-14-30-25(27)28/h1-2,6-7,9-10,16,20-21,31H,3-5,8,11-15H2,(H2,26,33)(H,29,34)(H4,27,28,30)/t20-,21+/m1/s1. The lowest BCUT2D eigenvalue weighted by Crippen LogP contribution is -2.53. The summed E-state index contributed by atoms with van der Waals surface area (Å²) in [5.41, 5.74) is 15.9. The monoisotopic (exact) mass is 545 g/mol. The molecule has 1 fully saturated rings. The van der Waals surface area contributed by atoms with Gasteiger partial charge in [0.25, 0.3) is 0 Å². The second-order valence-corrected chi connectivity index (χ2v) is 10.9. The molecule has 2 aromatic rings. The molecule has 0 spiro atoms. The van der Waals surface area contributed by atoms with Crippen molar-refractivity contribution < 1.29 is 22.8 Å². The number of nitrogens with one attached hydrogen (secondary N) is 2. The van der Waals surface area contributed by atoms with Crippen LogP contribution in [0.1, 0.15) is 38.5 Å². The molecule has 0 saturated carbocycles. The molecule has 2 aromatic carbocycles. The van der Waals surface area contributed by atoms with Crippen LogP contribution in [0.2, 0.25) is 0 Å². The number of carbonyl (C=O) groups is 3. The summed E-state index contributed by atoms with van der Waals surface area (Å²) in [6, 6.07) is 9.97. The predicted octanol–water partition coefficient (Wildman–Crippen LogP) is -0.0870. The summed E-state index contributed by atoms with van der Waals surface area (Å²) in [6.45, 7) is 1.13. The Morgan fingerprint density at radius 2 is 1.79 bits per heavy atom. The van der Waals surface area contributed by atoms with Gasteiger partial charge in [0.15, 0.2) is 5.96 Å². The lowest BCUT2D eigenvalue weighted by molar-refractivity contribution is -0.139. The van der Waals surface area contributed by atoms with Gasteiger partial charge < -0.3 is 27.4 Å². The number of rotatable bonds is 13. The van der Waals surface area contributed by atoms with Gasteiger partial charge in [-0.1, -0.05) is 30.3 Å². The summed E-state index contributed by atoms with van der Waals surface area (Å²) in [6.07, 6.45) is 2.04. The van der Waals surface area contributed by atoms with Gasteiger partial charge in [-0.3, -0.25) is 19.4 Å². The van der Waals surface area contributed by atoms with Crippen LogP contribution in [0.3, 0.4) is 0 Å². The molecule has 1 heterocycles. The van der Waals surface area contributed by atoms with Crippen molar-refractivity contribution >= 4 is 44.5 Å². The molecule has 38 heavy (non-hydrogen) atoms. The summed E-state index contributed by atoms with van der Waals surface area (Å²) in [7, 11) is -4.12. The van der Waals surface area contributed by atoms with Gasteiger partial charge in [-0.2, -0.15) is 4.72 Å². The molecule has 1 aliphatic rings. The highest BCUT2D eigenvalue weighted by Gasteiger charge is 2.38. The quantitative estimate of drug-likeness (QED) is 0.131. The number of sulfonamides is 1. The largest absolute Gasteiger partial charge is 0.370 e. The Balaban J connectivity index is 1.70. The Hall–Kier alpha value is -3.71. The molecule has 3 rings (SSSR count). The zero-order chi connectivity index (χ0) is 27.7. The number of nitrogens with zero attached hydrogens (tertiary/aromatic N) is 2. The van der Waals surface area contributed by atoms with Gasteiger partial charge in [-0.05, 0) is 55.0 Å². The predicted molar refractivity (Wildman–Crippen MR) is 144 cm³/mol. The van der Waals surface area contributed by atoms with Crippen molar-refractivity contribution in [2.24, 2.45) is 22.2 Å².